The van der Waals surface area contributed by atoms with Crippen molar-refractivity contribution in [2.45, 2.75) is 32.0 Å². The van der Waals surface area contributed by atoms with Gasteiger partial charge in [0.2, 0.25) is 6.29 Å². The Kier molecular flexibility index (Phi) is 6.54. The predicted molar refractivity (Wildman–Crippen MR) is 104 cm³/mol. The molecule has 0 saturated heterocycles. The van der Waals surface area contributed by atoms with Gasteiger partial charge in [0.1, 0.15) is 5.78 Å². The van der Waals surface area contributed by atoms with E-state index in [1.165, 1.54) is 19.8 Å². The van der Waals surface area contributed by atoms with Crippen LogP contribution >= 0.6 is 0 Å². The minimum atomic E-state index is -0.956. The number of ketones is 2. The van der Waals surface area contributed by atoms with E-state index in [1.54, 1.807) is 0 Å². The summed E-state index contributed by atoms with van der Waals surface area (Å²) in [7, 11) is 2.84. The molecule has 0 bridgehead atoms. The number of benzene rings is 2. The summed E-state index contributed by atoms with van der Waals surface area (Å²) in [6.07, 6.45) is 2.00. The molecule has 1 aliphatic rings. The number of rotatable bonds is 7. The largest absolute Gasteiger partial charge is 0.349 e. The van der Waals surface area contributed by atoms with Crippen molar-refractivity contribution in [1.29, 1.82) is 0 Å². The molecule has 4 heteroatoms. The van der Waals surface area contributed by atoms with Gasteiger partial charge in [-0.05, 0) is 36.0 Å². The Labute approximate surface area is 160 Å². The maximum atomic E-state index is 12.9. The van der Waals surface area contributed by atoms with Crippen LogP contribution in [0.15, 0.2) is 54.6 Å². The number of methoxy groups -OCH3 is 2. The molecule has 27 heavy (non-hydrogen) atoms. The maximum Gasteiger partial charge on any atom is 0.218 e. The normalized spacial score (nSPS) is 20.0. The van der Waals surface area contributed by atoms with Gasteiger partial charge in [0.25, 0.3) is 0 Å². The zero-order valence-electron chi connectivity index (χ0n) is 15.9. The fourth-order valence-electron chi connectivity index (χ4n) is 3.86. The first kappa shape index (κ1) is 19.5. The highest BCUT2D eigenvalue weighted by Gasteiger charge is 2.38. The molecule has 3 rings (SSSR count). The summed E-state index contributed by atoms with van der Waals surface area (Å²) in [6.45, 7) is 0. The Morgan fingerprint density at radius 1 is 0.963 bits per heavy atom. The Hall–Kier alpha value is -2.30. The highest BCUT2D eigenvalue weighted by molar-refractivity contribution is 6.05. The van der Waals surface area contributed by atoms with Crippen molar-refractivity contribution in [2.75, 3.05) is 14.2 Å². The van der Waals surface area contributed by atoms with Crippen LogP contribution in [-0.2, 0) is 25.5 Å². The van der Waals surface area contributed by atoms with E-state index in [9.17, 15) is 9.59 Å². The number of hydrogen-bond acceptors (Lipinski definition) is 4. The average Bonchev–Trinajstić information content (AvgIpc) is 2.71. The van der Waals surface area contributed by atoms with Crippen LogP contribution in [0.2, 0.25) is 0 Å². The SMILES string of the molecule is COC(OC)C(=O)C1CCCC(Cc2ccc(-c3ccccc3)cc2)C1=O. The minimum Gasteiger partial charge on any atom is -0.349 e. The van der Waals surface area contributed by atoms with Crippen molar-refractivity contribution in [3.05, 3.63) is 60.2 Å². The summed E-state index contributed by atoms with van der Waals surface area (Å²) in [5.41, 5.74) is 3.45. The van der Waals surface area contributed by atoms with Crippen LogP contribution in [0.3, 0.4) is 0 Å². The van der Waals surface area contributed by atoms with E-state index < -0.39 is 12.2 Å². The predicted octanol–water partition coefficient (Wildman–Crippen LogP) is 4.07. The summed E-state index contributed by atoms with van der Waals surface area (Å²) in [4.78, 5) is 25.4. The fraction of sp³-hybridized carbons (Fsp3) is 0.391. The molecule has 1 aliphatic carbocycles. The molecule has 2 aromatic carbocycles. The van der Waals surface area contributed by atoms with Gasteiger partial charge in [-0.2, -0.15) is 0 Å². The third-order valence-corrected chi connectivity index (χ3v) is 5.34. The molecule has 0 amide bonds. The van der Waals surface area contributed by atoms with Crippen molar-refractivity contribution in [3.8, 4) is 11.1 Å². The monoisotopic (exact) mass is 366 g/mol. The molecule has 0 spiro atoms. The van der Waals surface area contributed by atoms with Crippen molar-refractivity contribution >= 4 is 11.6 Å². The average molecular weight is 366 g/mol. The number of hydrogen-bond donors (Lipinski definition) is 0. The smallest absolute Gasteiger partial charge is 0.218 e. The molecular weight excluding hydrogens is 340 g/mol. The summed E-state index contributed by atoms with van der Waals surface area (Å²) >= 11 is 0. The van der Waals surface area contributed by atoms with Gasteiger partial charge in [-0.3, -0.25) is 9.59 Å². The zero-order chi connectivity index (χ0) is 19.2. The first-order chi connectivity index (χ1) is 13.1. The van der Waals surface area contributed by atoms with Crippen LogP contribution in [0, 0.1) is 11.8 Å². The number of carbonyl (C=O) groups excluding carboxylic acids is 2. The maximum absolute atomic E-state index is 12.9. The Morgan fingerprint density at radius 3 is 2.22 bits per heavy atom. The Balaban J connectivity index is 1.68. The van der Waals surface area contributed by atoms with E-state index in [0.29, 0.717) is 12.8 Å². The topological polar surface area (TPSA) is 52.6 Å². The third kappa shape index (κ3) is 4.52. The quantitative estimate of drug-likeness (QED) is 0.547. The van der Waals surface area contributed by atoms with Crippen LogP contribution in [0.25, 0.3) is 11.1 Å². The van der Waals surface area contributed by atoms with E-state index in [4.69, 9.17) is 9.47 Å². The second-order valence-electron chi connectivity index (χ2n) is 7.06. The van der Waals surface area contributed by atoms with Gasteiger partial charge in [-0.15, -0.1) is 0 Å². The van der Waals surface area contributed by atoms with Crippen molar-refractivity contribution in [3.63, 3.8) is 0 Å². The van der Waals surface area contributed by atoms with E-state index in [1.807, 2.05) is 18.2 Å². The van der Waals surface area contributed by atoms with E-state index >= 15 is 0 Å². The summed E-state index contributed by atoms with van der Waals surface area (Å²) in [5.74, 6) is -0.964. The van der Waals surface area contributed by atoms with Gasteiger partial charge in [-0.25, -0.2) is 0 Å². The van der Waals surface area contributed by atoms with Gasteiger partial charge < -0.3 is 9.47 Å². The molecule has 2 unspecified atom stereocenters. The summed E-state index contributed by atoms with van der Waals surface area (Å²) in [5, 5.41) is 0. The highest BCUT2D eigenvalue weighted by atomic mass is 16.7. The lowest BCUT2D eigenvalue weighted by Crippen LogP contribution is -2.41. The van der Waals surface area contributed by atoms with Gasteiger partial charge in [0.05, 0.1) is 5.92 Å². The highest BCUT2D eigenvalue weighted by Crippen LogP contribution is 2.30. The van der Waals surface area contributed by atoms with Gasteiger partial charge in [0.15, 0.2) is 5.78 Å². The first-order valence-corrected chi connectivity index (χ1v) is 9.41. The van der Waals surface area contributed by atoms with Crippen LogP contribution in [-0.4, -0.2) is 32.1 Å². The lowest BCUT2D eigenvalue weighted by Gasteiger charge is -2.28. The Morgan fingerprint density at radius 2 is 1.59 bits per heavy atom. The molecule has 0 heterocycles. The molecule has 4 nitrogen and oxygen atoms in total. The van der Waals surface area contributed by atoms with Gasteiger partial charge in [-0.1, -0.05) is 61.0 Å². The van der Waals surface area contributed by atoms with Crippen LogP contribution < -0.4 is 0 Å². The van der Waals surface area contributed by atoms with Crippen LogP contribution in [0.1, 0.15) is 24.8 Å². The Bertz CT molecular complexity index is 763. The molecule has 0 aliphatic heterocycles. The second-order valence-corrected chi connectivity index (χ2v) is 7.06. The van der Waals surface area contributed by atoms with Crippen LogP contribution in [0.4, 0.5) is 0 Å². The molecule has 1 saturated carbocycles. The van der Waals surface area contributed by atoms with Gasteiger partial charge >= 0.3 is 0 Å². The molecule has 0 aromatic heterocycles. The molecule has 2 aromatic rings. The van der Waals surface area contributed by atoms with E-state index in [2.05, 4.69) is 36.4 Å². The summed E-state index contributed by atoms with van der Waals surface area (Å²) in [6, 6.07) is 18.5. The fourth-order valence-corrected chi connectivity index (χ4v) is 3.86. The molecule has 2 atom stereocenters. The summed E-state index contributed by atoms with van der Waals surface area (Å²) < 4.78 is 10.1. The minimum absolute atomic E-state index is 0.0254. The first-order valence-electron chi connectivity index (χ1n) is 9.41. The molecule has 142 valence electrons. The van der Waals surface area contributed by atoms with Crippen molar-refractivity contribution < 1.29 is 19.1 Å². The van der Waals surface area contributed by atoms with E-state index in [0.717, 1.165) is 24.0 Å². The third-order valence-electron chi connectivity index (χ3n) is 5.34. The number of ether oxygens (including phenoxy) is 2. The molecule has 0 radical (unpaired) electrons. The van der Waals surface area contributed by atoms with Crippen molar-refractivity contribution in [2.24, 2.45) is 11.8 Å². The van der Waals surface area contributed by atoms with E-state index in [-0.39, 0.29) is 17.5 Å². The van der Waals surface area contributed by atoms with Gasteiger partial charge in [0, 0.05) is 20.1 Å². The molecule has 1 fully saturated rings. The standard InChI is InChI=1S/C23H26O4/c1-26-23(27-2)22(25)20-10-6-9-19(21(20)24)15-16-11-13-18(14-12-16)17-7-4-3-5-8-17/h3-5,7-8,11-14,19-20,23H,6,9-10,15H2,1-2H3. The zero-order valence-corrected chi connectivity index (χ0v) is 15.9. The second kappa shape index (κ2) is 9.07. The molecular formula is C23H26O4. The number of Topliss-reactive ketones (excluding diaryl/α,β-unsaturated/α-hetero) is 2. The lowest BCUT2D eigenvalue weighted by molar-refractivity contribution is -0.164. The molecule has 0 N–H and O–H groups in total. The van der Waals surface area contributed by atoms with Crippen molar-refractivity contribution in [1.82, 2.24) is 0 Å². The number of carbonyl (C=O) groups is 2. The lowest BCUT2D eigenvalue weighted by atomic mass is 9.75. The van der Waals surface area contributed by atoms with Crippen LogP contribution in [0.5, 0.6) is 0 Å².